The van der Waals surface area contributed by atoms with Crippen LogP contribution in [0.25, 0.3) is 0 Å². The highest BCUT2D eigenvalue weighted by Crippen LogP contribution is 2.18. The van der Waals surface area contributed by atoms with E-state index in [1.54, 1.807) is 11.5 Å². The molecule has 1 unspecified atom stereocenters. The second-order valence-electron chi connectivity index (χ2n) is 3.61. The van der Waals surface area contributed by atoms with E-state index in [0.717, 1.165) is 26.1 Å². The lowest BCUT2D eigenvalue weighted by Crippen LogP contribution is -2.21. The molecule has 1 atom stereocenters. The maximum absolute atomic E-state index is 9.34. The van der Waals surface area contributed by atoms with Crippen molar-refractivity contribution in [2.24, 2.45) is 0 Å². The number of nitrogens with zero attached hydrogens (tertiary/aromatic N) is 2. The molecule has 1 saturated heterocycles. The van der Waals surface area contributed by atoms with Crippen molar-refractivity contribution >= 4 is 11.5 Å². The number of hydrogen-bond acceptors (Lipinski definition) is 4. The van der Waals surface area contributed by atoms with Gasteiger partial charge < -0.3 is 5.11 Å². The van der Waals surface area contributed by atoms with Crippen LogP contribution in [0.2, 0.25) is 0 Å². The second kappa shape index (κ2) is 3.74. The van der Waals surface area contributed by atoms with E-state index in [-0.39, 0.29) is 6.10 Å². The smallest absolute Gasteiger partial charge is 0.0679 e. The second-order valence-corrected chi connectivity index (χ2v) is 4.50. The first kappa shape index (κ1) is 9.12. The average Bonchev–Trinajstić information content (AvgIpc) is 2.64. The third-order valence-corrected chi connectivity index (χ3v) is 3.35. The molecule has 0 aromatic carbocycles. The zero-order valence-corrected chi connectivity index (χ0v) is 8.55. The molecule has 0 amide bonds. The summed E-state index contributed by atoms with van der Waals surface area (Å²) in [4.78, 5) is 3.61. The number of rotatable bonds is 2. The number of likely N-dealkylation sites (tertiary alicyclic amines) is 1. The molecular weight excluding hydrogens is 184 g/mol. The van der Waals surface area contributed by atoms with Crippen molar-refractivity contribution in [3.05, 3.63) is 16.6 Å². The Morgan fingerprint density at radius 1 is 1.77 bits per heavy atom. The molecule has 1 fully saturated rings. The number of aromatic nitrogens is 1. The van der Waals surface area contributed by atoms with Gasteiger partial charge in [-0.05, 0) is 30.4 Å². The van der Waals surface area contributed by atoms with Gasteiger partial charge in [-0.1, -0.05) is 0 Å². The van der Waals surface area contributed by atoms with E-state index < -0.39 is 0 Å². The normalized spacial score (nSPS) is 24.0. The summed E-state index contributed by atoms with van der Waals surface area (Å²) in [5.41, 5.74) is 1.27. The van der Waals surface area contributed by atoms with E-state index >= 15 is 0 Å². The van der Waals surface area contributed by atoms with Gasteiger partial charge >= 0.3 is 0 Å². The topological polar surface area (TPSA) is 36.4 Å². The van der Waals surface area contributed by atoms with E-state index in [2.05, 4.69) is 16.2 Å². The molecule has 0 bridgehead atoms. The van der Waals surface area contributed by atoms with Crippen LogP contribution in [-0.4, -0.2) is 33.6 Å². The highest BCUT2D eigenvalue weighted by molar-refractivity contribution is 7.05. The van der Waals surface area contributed by atoms with Crippen LogP contribution < -0.4 is 0 Å². The number of aryl methyl sites for hydroxylation is 1. The zero-order chi connectivity index (χ0) is 9.26. The van der Waals surface area contributed by atoms with Crippen LogP contribution in [-0.2, 0) is 6.54 Å². The molecule has 2 rings (SSSR count). The lowest BCUT2D eigenvalue weighted by molar-refractivity contribution is 0.175. The Kier molecular flexibility index (Phi) is 2.62. The standard InChI is InChI=1S/C9H14N2OS/c1-7-4-10-13-9(7)6-11-3-2-8(12)5-11/h4,8,12H,2-3,5-6H2,1H3. The Bertz CT molecular complexity index is 287. The third kappa shape index (κ3) is 2.07. The summed E-state index contributed by atoms with van der Waals surface area (Å²) in [6, 6.07) is 0. The molecule has 2 heterocycles. The number of β-amino-alcohol motifs (C(OH)–C–C–N with tert-alkyl or cyclic N) is 1. The highest BCUT2D eigenvalue weighted by Gasteiger charge is 2.20. The minimum absolute atomic E-state index is 0.117. The van der Waals surface area contributed by atoms with Crippen LogP contribution in [0.4, 0.5) is 0 Å². The van der Waals surface area contributed by atoms with Gasteiger partial charge in [0.1, 0.15) is 0 Å². The van der Waals surface area contributed by atoms with Gasteiger partial charge in [0.25, 0.3) is 0 Å². The molecule has 72 valence electrons. The Morgan fingerprint density at radius 3 is 3.15 bits per heavy atom. The number of hydrogen-bond donors (Lipinski definition) is 1. The fourth-order valence-electron chi connectivity index (χ4n) is 1.63. The first-order valence-corrected chi connectivity index (χ1v) is 5.33. The maximum atomic E-state index is 9.34. The van der Waals surface area contributed by atoms with Gasteiger partial charge in [-0.3, -0.25) is 4.90 Å². The van der Waals surface area contributed by atoms with Crippen LogP contribution in [0, 0.1) is 6.92 Å². The molecule has 3 nitrogen and oxygen atoms in total. The lowest BCUT2D eigenvalue weighted by atomic mass is 10.3. The minimum atomic E-state index is -0.117. The van der Waals surface area contributed by atoms with E-state index in [0.29, 0.717) is 0 Å². The molecule has 1 aliphatic rings. The van der Waals surface area contributed by atoms with E-state index in [9.17, 15) is 5.11 Å². The number of aliphatic hydroxyl groups excluding tert-OH is 1. The lowest BCUT2D eigenvalue weighted by Gasteiger charge is -2.13. The summed E-state index contributed by atoms with van der Waals surface area (Å²) in [6.07, 6.45) is 2.71. The number of aliphatic hydroxyl groups is 1. The Labute approximate surface area is 82.2 Å². The fourth-order valence-corrected chi connectivity index (χ4v) is 2.40. The quantitative estimate of drug-likeness (QED) is 0.770. The van der Waals surface area contributed by atoms with Gasteiger partial charge in [0, 0.05) is 30.7 Å². The molecule has 1 aliphatic heterocycles. The molecule has 4 heteroatoms. The average molecular weight is 198 g/mol. The summed E-state index contributed by atoms with van der Waals surface area (Å²) < 4.78 is 4.14. The van der Waals surface area contributed by atoms with Crippen LogP contribution in [0.5, 0.6) is 0 Å². The SMILES string of the molecule is Cc1cnsc1CN1CCC(O)C1. The van der Waals surface area contributed by atoms with Crippen LogP contribution in [0.3, 0.4) is 0 Å². The summed E-state index contributed by atoms with van der Waals surface area (Å²) >= 11 is 1.56. The molecule has 13 heavy (non-hydrogen) atoms. The summed E-state index contributed by atoms with van der Waals surface area (Å²) in [5.74, 6) is 0. The molecule has 0 spiro atoms. The molecule has 1 aromatic rings. The minimum Gasteiger partial charge on any atom is -0.392 e. The molecule has 0 radical (unpaired) electrons. The van der Waals surface area contributed by atoms with Crippen molar-refractivity contribution in [2.75, 3.05) is 13.1 Å². The fraction of sp³-hybridized carbons (Fsp3) is 0.667. The summed E-state index contributed by atoms with van der Waals surface area (Å²) in [6.45, 7) is 4.87. The highest BCUT2D eigenvalue weighted by atomic mass is 32.1. The maximum Gasteiger partial charge on any atom is 0.0679 e. The van der Waals surface area contributed by atoms with Gasteiger partial charge in [-0.15, -0.1) is 0 Å². The van der Waals surface area contributed by atoms with Gasteiger partial charge in [0.15, 0.2) is 0 Å². The van der Waals surface area contributed by atoms with E-state index in [1.807, 2.05) is 6.20 Å². The molecule has 1 aromatic heterocycles. The molecular formula is C9H14N2OS. The van der Waals surface area contributed by atoms with Crippen molar-refractivity contribution in [2.45, 2.75) is 26.0 Å². The molecule has 0 saturated carbocycles. The monoisotopic (exact) mass is 198 g/mol. The predicted molar refractivity (Wildman–Crippen MR) is 52.8 cm³/mol. The third-order valence-electron chi connectivity index (χ3n) is 2.46. The van der Waals surface area contributed by atoms with Gasteiger partial charge in [0.05, 0.1) is 6.10 Å². The van der Waals surface area contributed by atoms with Crippen LogP contribution >= 0.6 is 11.5 Å². The molecule has 1 N–H and O–H groups in total. The zero-order valence-electron chi connectivity index (χ0n) is 7.73. The van der Waals surface area contributed by atoms with Crippen LogP contribution in [0.1, 0.15) is 16.9 Å². The van der Waals surface area contributed by atoms with Crippen molar-refractivity contribution in [1.82, 2.24) is 9.27 Å². The first-order chi connectivity index (χ1) is 6.25. The van der Waals surface area contributed by atoms with Crippen molar-refractivity contribution in [3.63, 3.8) is 0 Å². The van der Waals surface area contributed by atoms with E-state index in [4.69, 9.17) is 0 Å². The summed E-state index contributed by atoms with van der Waals surface area (Å²) in [7, 11) is 0. The van der Waals surface area contributed by atoms with Crippen molar-refractivity contribution in [1.29, 1.82) is 0 Å². The van der Waals surface area contributed by atoms with Gasteiger partial charge in [0.2, 0.25) is 0 Å². The first-order valence-electron chi connectivity index (χ1n) is 4.56. The predicted octanol–water partition coefficient (Wildman–Crippen LogP) is 1.02. The Balaban J connectivity index is 1.95. The van der Waals surface area contributed by atoms with Crippen molar-refractivity contribution in [3.8, 4) is 0 Å². The van der Waals surface area contributed by atoms with E-state index in [1.165, 1.54) is 10.4 Å². The van der Waals surface area contributed by atoms with Gasteiger partial charge in [-0.25, -0.2) is 4.37 Å². The molecule has 0 aliphatic carbocycles. The summed E-state index contributed by atoms with van der Waals surface area (Å²) in [5, 5.41) is 9.34. The Morgan fingerprint density at radius 2 is 2.62 bits per heavy atom. The van der Waals surface area contributed by atoms with Gasteiger partial charge in [-0.2, -0.15) is 0 Å². The van der Waals surface area contributed by atoms with Crippen LogP contribution in [0.15, 0.2) is 6.20 Å². The Hall–Kier alpha value is -0.450. The van der Waals surface area contributed by atoms with Crippen molar-refractivity contribution < 1.29 is 5.11 Å². The largest absolute Gasteiger partial charge is 0.392 e.